The molecule has 0 saturated heterocycles. The number of nitrogens with one attached hydrogen (secondary N) is 1. The third-order valence-corrected chi connectivity index (χ3v) is 3.49. The van der Waals surface area contributed by atoms with E-state index in [9.17, 15) is 4.79 Å². The zero-order chi connectivity index (χ0) is 14.7. The van der Waals surface area contributed by atoms with Crippen LogP contribution in [0.5, 0.6) is 0 Å². The molecule has 0 radical (unpaired) electrons. The molecule has 2 N–H and O–H groups in total. The van der Waals surface area contributed by atoms with Gasteiger partial charge in [0.15, 0.2) is 0 Å². The number of anilines is 1. The first-order valence-corrected chi connectivity index (χ1v) is 6.81. The summed E-state index contributed by atoms with van der Waals surface area (Å²) < 4.78 is 0. The summed E-state index contributed by atoms with van der Waals surface area (Å²) >= 11 is 18.0. The molecule has 20 heavy (non-hydrogen) atoms. The van der Waals surface area contributed by atoms with Gasteiger partial charge in [0.05, 0.1) is 21.3 Å². The summed E-state index contributed by atoms with van der Waals surface area (Å²) in [6, 6.07) is 9.76. The fourth-order valence-corrected chi connectivity index (χ4v) is 2.62. The highest BCUT2D eigenvalue weighted by atomic mass is 35.5. The maximum absolute atomic E-state index is 10.7. The van der Waals surface area contributed by atoms with Gasteiger partial charge in [-0.15, -0.1) is 0 Å². The van der Waals surface area contributed by atoms with Gasteiger partial charge in [-0.3, -0.25) is 0 Å². The molecule has 0 aromatic heterocycles. The topological polar surface area (TPSA) is 49.3 Å². The highest BCUT2D eigenvalue weighted by molar-refractivity contribution is 6.41. The Morgan fingerprint density at radius 1 is 1.05 bits per heavy atom. The van der Waals surface area contributed by atoms with Crippen LogP contribution in [-0.2, 0) is 6.54 Å². The lowest BCUT2D eigenvalue weighted by molar-refractivity contribution is 0.0697. The Morgan fingerprint density at radius 2 is 1.60 bits per heavy atom. The Hall–Kier alpha value is -1.42. The smallest absolute Gasteiger partial charge is 0.335 e. The van der Waals surface area contributed by atoms with Crippen molar-refractivity contribution in [3.05, 3.63) is 62.6 Å². The van der Waals surface area contributed by atoms with Crippen LogP contribution in [0.4, 0.5) is 5.69 Å². The van der Waals surface area contributed by atoms with Crippen molar-refractivity contribution in [3.8, 4) is 0 Å². The molecule has 0 aliphatic carbocycles. The van der Waals surface area contributed by atoms with Crippen LogP contribution in [0.25, 0.3) is 0 Å². The van der Waals surface area contributed by atoms with Gasteiger partial charge in [0, 0.05) is 11.6 Å². The summed E-state index contributed by atoms with van der Waals surface area (Å²) in [7, 11) is 0. The van der Waals surface area contributed by atoms with Gasteiger partial charge in [0.1, 0.15) is 0 Å². The molecule has 104 valence electrons. The number of rotatable bonds is 4. The number of hydrogen-bond acceptors (Lipinski definition) is 2. The van der Waals surface area contributed by atoms with Gasteiger partial charge >= 0.3 is 5.97 Å². The Labute approximate surface area is 131 Å². The molecule has 0 saturated carbocycles. The van der Waals surface area contributed by atoms with Crippen LogP contribution in [0, 0.1) is 0 Å². The number of benzene rings is 2. The number of halogens is 3. The van der Waals surface area contributed by atoms with E-state index in [0.717, 1.165) is 5.56 Å². The SMILES string of the molecule is O=C(O)c1ccc(CNc2c(Cl)cc(Cl)cc2Cl)cc1. The van der Waals surface area contributed by atoms with Gasteiger partial charge in [-0.2, -0.15) is 0 Å². The second kappa shape index (κ2) is 6.35. The zero-order valence-electron chi connectivity index (χ0n) is 10.2. The third-order valence-electron chi connectivity index (χ3n) is 2.68. The largest absolute Gasteiger partial charge is 0.478 e. The Balaban J connectivity index is 2.11. The van der Waals surface area contributed by atoms with Crippen molar-refractivity contribution in [1.29, 1.82) is 0 Å². The maximum Gasteiger partial charge on any atom is 0.335 e. The molecular weight excluding hydrogens is 321 g/mol. The average Bonchev–Trinajstić information content (AvgIpc) is 2.38. The maximum atomic E-state index is 10.7. The van der Waals surface area contributed by atoms with E-state index >= 15 is 0 Å². The van der Waals surface area contributed by atoms with E-state index in [1.54, 1.807) is 36.4 Å². The summed E-state index contributed by atoms with van der Waals surface area (Å²) in [5.41, 5.74) is 1.76. The highest BCUT2D eigenvalue weighted by Crippen LogP contribution is 2.33. The predicted molar refractivity (Wildman–Crippen MR) is 82.2 cm³/mol. The van der Waals surface area contributed by atoms with Crippen molar-refractivity contribution in [2.45, 2.75) is 6.54 Å². The lowest BCUT2D eigenvalue weighted by Gasteiger charge is -2.11. The second-order valence-corrected chi connectivity index (χ2v) is 5.35. The van der Waals surface area contributed by atoms with Crippen LogP contribution in [-0.4, -0.2) is 11.1 Å². The number of carboxylic acids is 1. The standard InChI is InChI=1S/C14H10Cl3NO2/c15-10-5-11(16)13(12(17)6-10)18-7-8-1-3-9(4-2-8)14(19)20/h1-6,18H,7H2,(H,19,20). The normalized spacial score (nSPS) is 10.3. The van der Waals surface area contributed by atoms with Crippen LogP contribution in [0.3, 0.4) is 0 Å². The van der Waals surface area contributed by atoms with E-state index in [0.29, 0.717) is 27.3 Å². The molecule has 2 aromatic carbocycles. The fraction of sp³-hybridized carbons (Fsp3) is 0.0714. The molecule has 0 bridgehead atoms. The summed E-state index contributed by atoms with van der Waals surface area (Å²) in [5.74, 6) is -0.951. The van der Waals surface area contributed by atoms with Crippen LogP contribution >= 0.6 is 34.8 Å². The lowest BCUT2D eigenvalue weighted by atomic mass is 10.1. The Kier molecular flexibility index (Phi) is 4.76. The molecule has 0 spiro atoms. The van der Waals surface area contributed by atoms with Crippen LogP contribution in [0.1, 0.15) is 15.9 Å². The lowest BCUT2D eigenvalue weighted by Crippen LogP contribution is -2.02. The minimum Gasteiger partial charge on any atom is -0.478 e. The molecule has 0 aliphatic rings. The summed E-state index contributed by atoms with van der Waals surface area (Å²) in [6.07, 6.45) is 0. The van der Waals surface area contributed by atoms with Crippen molar-refractivity contribution in [1.82, 2.24) is 0 Å². The van der Waals surface area contributed by atoms with Crippen LogP contribution in [0.15, 0.2) is 36.4 Å². The monoisotopic (exact) mass is 329 g/mol. The van der Waals surface area contributed by atoms with Crippen molar-refractivity contribution < 1.29 is 9.90 Å². The summed E-state index contributed by atoms with van der Waals surface area (Å²) in [5, 5.41) is 13.3. The van der Waals surface area contributed by atoms with E-state index in [1.165, 1.54) is 0 Å². The molecule has 0 heterocycles. The quantitative estimate of drug-likeness (QED) is 0.833. The van der Waals surface area contributed by atoms with Crippen molar-refractivity contribution in [2.75, 3.05) is 5.32 Å². The molecule has 0 atom stereocenters. The molecule has 2 rings (SSSR count). The number of hydrogen-bond donors (Lipinski definition) is 2. The highest BCUT2D eigenvalue weighted by Gasteiger charge is 2.08. The van der Waals surface area contributed by atoms with Gasteiger partial charge in [-0.25, -0.2) is 4.79 Å². The van der Waals surface area contributed by atoms with Crippen molar-refractivity contribution in [2.24, 2.45) is 0 Å². The van der Waals surface area contributed by atoms with E-state index < -0.39 is 5.97 Å². The molecule has 0 amide bonds. The van der Waals surface area contributed by atoms with Crippen molar-refractivity contribution in [3.63, 3.8) is 0 Å². The first-order chi connectivity index (χ1) is 9.47. The van der Waals surface area contributed by atoms with Gasteiger partial charge in [-0.1, -0.05) is 46.9 Å². The molecule has 6 heteroatoms. The number of carbonyl (C=O) groups is 1. The minimum atomic E-state index is -0.951. The fourth-order valence-electron chi connectivity index (χ4n) is 1.67. The van der Waals surface area contributed by atoms with Gasteiger partial charge in [-0.05, 0) is 29.8 Å². The van der Waals surface area contributed by atoms with E-state index in [4.69, 9.17) is 39.9 Å². The third kappa shape index (κ3) is 3.57. The summed E-state index contributed by atoms with van der Waals surface area (Å²) in [4.78, 5) is 10.7. The first kappa shape index (κ1) is 15.0. The molecule has 2 aromatic rings. The van der Waals surface area contributed by atoms with Crippen LogP contribution in [0.2, 0.25) is 15.1 Å². The summed E-state index contributed by atoms with van der Waals surface area (Å²) in [6.45, 7) is 0.473. The molecule has 0 aliphatic heterocycles. The molecule has 0 unspecified atom stereocenters. The first-order valence-electron chi connectivity index (χ1n) is 5.68. The Bertz CT molecular complexity index is 618. The number of aromatic carboxylic acids is 1. The van der Waals surface area contributed by atoms with Crippen molar-refractivity contribution >= 4 is 46.5 Å². The molecule has 0 fully saturated rings. The second-order valence-electron chi connectivity index (χ2n) is 4.10. The van der Waals surface area contributed by atoms with E-state index in [2.05, 4.69) is 5.32 Å². The van der Waals surface area contributed by atoms with Gasteiger partial charge < -0.3 is 10.4 Å². The average molecular weight is 331 g/mol. The van der Waals surface area contributed by atoms with Crippen LogP contribution < -0.4 is 5.32 Å². The molecular formula is C14H10Cl3NO2. The minimum absolute atomic E-state index is 0.247. The van der Waals surface area contributed by atoms with Gasteiger partial charge in [0.25, 0.3) is 0 Å². The number of carboxylic acid groups (broad SMARTS) is 1. The zero-order valence-corrected chi connectivity index (χ0v) is 12.4. The Morgan fingerprint density at radius 3 is 2.10 bits per heavy atom. The predicted octanol–water partition coefficient (Wildman–Crippen LogP) is 4.96. The molecule has 3 nitrogen and oxygen atoms in total. The van der Waals surface area contributed by atoms with E-state index in [1.807, 2.05) is 0 Å². The van der Waals surface area contributed by atoms with Gasteiger partial charge in [0.2, 0.25) is 0 Å². The van der Waals surface area contributed by atoms with E-state index in [-0.39, 0.29) is 5.56 Å².